The van der Waals surface area contributed by atoms with E-state index in [9.17, 15) is 0 Å². The number of hydrogen-bond donors (Lipinski definition) is 1. The van der Waals surface area contributed by atoms with Gasteiger partial charge in [-0.05, 0) is 61.6 Å². The highest BCUT2D eigenvalue weighted by Crippen LogP contribution is 2.15. The standard InChI is InChI=1S/C19H24ClN/c1-3-12-21-19(13-16-8-10-18(20)11-9-16)14-17-7-5-4-6-15(17)2/h4-11,19,21H,3,12-14H2,1-2H3. The van der Waals surface area contributed by atoms with Crippen molar-refractivity contribution in [3.8, 4) is 0 Å². The van der Waals surface area contributed by atoms with E-state index in [0.29, 0.717) is 6.04 Å². The Morgan fingerprint density at radius 1 is 1.00 bits per heavy atom. The van der Waals surface area contributed by atoms with E-state index in [0.717, 1.165) is 30.8 Å². The van der Waals surface area contributed by atoms with Crippen molar-refractivity contribution in [3.63, 3.8) is 0 Å². The van der Waals surface area contributed by atoms with Crippen LogP contribution in [0.1, 0.15) is 30.0 Å². The van der Waals surface area contributed by atoms with Crippen LogP contribution in [0.5, 0.6) is 0 Å². The van der Waals surface area contributed by atoms with Gasteiger partial charge >= 0.3 is 0 Å². The number of aryl methyl sites for hydroxylation is 1. The molecule has 1 unspecified atom stereocenters. The molecule has 2 aromatic carbocycles. The van der Waals surface area contributed by atoms with E-state index in [4.69, 9.17) is 11.6 Å². The fraction of sp³-hybridized carbons (Fsp3) is 0.368. The minimum Gasteiger partial charge on any atom is -0.313 e. The van der Waals surface area contributed by atoms with Crippen molar-refractivity contribution in [2.45, 2.75) is 39.2 Å². The fourth-order valence-electron chi connectivity index (χ4n) is 2.57. The Kier molecular flexibility index (Phi) is 6.28. The largest absolute Gasteiger partial charge is 0.313 e. The summed E-state index contributed by atoms with van der Waals surface area (Å²) >= 11 is 5.97. The van der Waals surface area contributed by atoms with Gasteiger partial charge in [0, 0.05) is 11.1 Å². The Morgan fingerprint density at radius 2 is 1.71 bits per heavy atom. The maximum absolute atomic E-state index is 5.97. The SMILES string of the molecule is CCCNC(Cc1ccc(Cl)cc1)Cc1ccccc1C. The lowest BCUT2D eigenvalue weighted by molar-refractivity contribution is 0.504. The third-order valence-corrected chi connectivity index (χ3v) is 4.06. The molecule has 1 atom stereocenters. The summed E-state index contributed by atoms with van der Waals surface area (Å²) < 4.78 is 0. The number of halogens is 1. The first-order valence-electron chi connectivity index (χ1n) is 7.71. The summed E-state index contributed by atoms with van der Waals surface area (Å²) in [5, 5.41) is 4.48. The molecule has 0 radical (unpaired) electrons. The molecule has 2 aromatic rings. The lowest BCUT2D eigenvalue weighted by Crippen LogP contribution is -2.34. The van der Waals surface area contributed by atoms with Crippen molar-refractivity contribution in [3.05, 3.63) is 70.2 Å². The third kappa shape index (κ3) is 5.18. The van der Waals surface area contributed by atoms with Crippen LogP contribution >= 0.6 is 11.6 Å². The molecule has 0 aliphatic carbocycles. The van der Waals surface area contributed by atoms with Crippen LogP contribution < -0.4 is 5.32 Å². The van der Waals surface area contributed by atoms with Gasteiger partial charge in [0.1, 0.15) is 0 Å². The second-order valence-electron chi connectivity index (χ2n) is 5.61. The van der Waals surface area contributed by atoms with Crippen LogP contribution in [0.25, 0.3) is 0 Å². The molecular formula is C19H24ClN. The fourth-order valence-corrected chi connectivity index (χ4v) is 2.70. The molecule has 1 nitrogen and oxygen atoms in total. The molecule has 2 heteroatoms. The third-order valence-electron chi connectivity index (χ3n) is 3.81. The van der Waals surface area contributed by atoms with E-state index in [1.807, 2.05) is 12.1 Å². The van der Waals surface area contributed by atoms with Crippen molar-refractivity contribution < 1.29 is 0 Å². The van der Waals surface area contributed by atoms with E-state index in [1.165, 1.54) is 16.7 Å². The number of benzene rings is 2. The number of rotatable bonds is 7. The van der Waals surface area contributed by atoms with Crippen LogP contribution in [-0.2, 0) is 12.8 Å². The van der Waals surface area contributed by atoms with Crippen LogP contribution in [0.2, 0.25) is 5.02 Å². The van der Waals surface area contributed by atoms with Crippen molar-refractivity contribution >= 4 is 11.6 Å². The molecule has 0 aliphatic heterocycles. The molecule has 1 N–H and O–H groups in total. The summed E-state index contributed by atoms with van der Waals surface area (Å²) in [6.07, 6.45) is 3.26. The summed E-state index contributed by atoms with van der Waals surface area (Å²) in [4.78, 5) is 0. The molecule has 0 saturated carbocycles. The van der Waals surface area contributed by atoms with Gasteiger partial charge in [0.2, 0.25) is 0 Å². The zero-order valence-electron chi connectivity index (χ0n) is 12.9. The van der Waals surface area contributed by atoms with Crippen molar-refractivity contribution in [1.29, 1.82) is 0 Å². The summed E-state index contributed by atoms with van der Waals surface area (Å²) in [6.45, 7) is 5.46. The normalized spacial score (nSPS) is 12.3. The van der Waals surface area contributed by atoms with Crippen LogP contribution in [0, 0.1) is 6.92 Å². The summed E-state index contributed by atoms with van der Waals surface area (Å²) in [6, 6.07) is 17.3. The topological polar surface area (TPSA) is 12.0 Å². The molecule has 0 aliphatic rings. The monoisotopic (exact) mass is 301 g/mol. The predicted molar refractivity (Wildman–Crippen MR) is 92.1 cm³/mol. The first-order chi connectivity index (χ1) is 10.2. The van der Waals surface area contributed by atoms with Crippen LogP contribution in [0.3, 0.4) is 0 Å². The van der Waals surface area contributed by atoms with Gasteiger partial charge in [-0.1, -0.05) is 54.9 Å². The molecule has 0 heterocycles. The zero-order chi connectivity index (χ0) is 15.1. The summed E-state index contributed by atoms with van der Waals surface area (Å²) in [7, 11) is 0. The first kappa shape index (κ1) is 16.1. The lowest BCUT2D eigenvalue weighted by atomic mass is 9.96. The average molecular weight is 302 g/mol. The van der Waals surface area contributed by atoms with E-state index >= 15 is 0 Å². The van der Waals surface area contributed by atoms with E-state index in [2.05, 4.69) is 55.6 Å². The molecule has 0 aromatic heterocycles. The Labute approximate surface area is 133 Å². The first-order valence-corrected chi connectivity index (χ1v) is 8.09. The van der Waals surface area contributed by atoms with E-state index in [1.54, 1.807) is 0 Å². The highest BCUT2D eigenvalue weighted by Gasteiger charge is 2.11. The van der Waals surface area contributed by atoms with Crippen LogP contribution in [-0.4, -0.2) is 12.6 Å². The lowest BCUT2D eigenvalue weighted by Gasteiger charge is -2.20. The van der Waals surface area contributed by atoms with E-state index < -0.39 is 0 Å². The Hall–Kier alpha value is -1.31. The minimum absolute atomic E-state index is 0.465. The second-order valence-corrected chi connectivity index (χ2v) is 6.05. The molecule has 0 bridgehead atoms. The van der Waals surface area contributed by atoms with Gasteiger partial charge < -0.3 is 5.32 Å². The summed E-state index contributed by atoms with van der Waals surface area (Å²) in [5.74, 6) is 0. The maximum Gasteiger partial charge on any atom is 0.0406 e. The number of nitrogens with one attached hydrogen (secondary N) is 1. The van der Waals surface area contributed by atoms with Crippen molar-refractivity contribution in [2.75, 3.05) is 6.54 Å². The van der Waals surface area contributed by atoms with Gasteiger partial charge in [0.05, 0.1) is 0 Å². The molecular weight excluding hydrogens is 278 g/mol. The molecule has 0 amide bonds. The second kappa shape index (κ2) is 8.21. The average Bonchev–Trinajstić information content (AvgIpc) is 2.49. The quantitative estimate of drug-likeness (QED) is 0.774. The minimum atomic E-state index is 0.465. The van der Waals surface area contributed by atoms with Crippen LogP contribution in [0.4, 0.5) is 0 Å². The predicted octanol–water partition coefficient (Wildman–Crippen LogP) is 4.80. The highest BCUT2D eigenvalue weighted by atomic mass is 35.5. The van der Waals surface area contributed by atoms with Gasteiger partial charge in [-0.2, -0.15) is 0 Å². The van der Waals surface area contributed by atoms with Crippen molar-refractivity contribution in [1.82, 2.24) is 5.32 Å². The Morgan fingerprint density at radius 3 is 2.38 bits per heavy atom. The molecule has 0 spiro atoms. The van der Waals surface area contributed by atoms with E-state index in [-0.39, 0.29) is 0 Å². The zero-order valence-corrected chi connectivity index (χ0v) is 13.7. The smallest absolute Gasteiger partial charge is 0.0406 e. The Bertz CT molecular complexity index is 548. The van der Waals surface area contributed by atoms with Gasteiger partial charge in [-0.25, -0.2) is 0 Å². The number of hydrogen-bond acceptors (Lipinski definition) is 1. The molecule has 21 heavy (non-hydrogen) atoms. The highest BCUT2D eigenvalue weighted by molar-refractivity contribution is 6.30. The van der Waals surface area contributed by atoms with Crippen LogP contribution in [0.15, 0.2) is 48.5 Å². The van der Waals surface area contributed by atoms with Gasteiger partial charge in [0.25, 0.3) is 0 Å². The van der Waals surface area contributed by atoms with Gasteiger partial charge in [-0.3, -0.25) is 0 Å². The molecule has 0 saturated heterocycles. The van der Waals surface area contributed by atoms with Crippen molar-refractivity contribution in [2.24, 2.45) is 0 Å². The molecule has 0 fully saturated rings. The Balaban J connectivity index is 2.07. The van der Waals surface area contributed by atoms with Gasteiger partial charge in [0.15, 0.2) is 0 Å². The maximum atomic E-state index is 5.97. The molecule has 112 valence electrons. The molecule has 2 rings (SSSR count). The summed E-state index contributed by atoms with van der Waals surface area (Å²) in [5.41, 5.74) is 4.14. The van der Waals surface area contributed by atoms with Gasteiger partial charge in [-0.15, -0.1) is 0 Å².